The van der Waals surface area contributed by atoms with Crippen LogP contribution in [-0.2, 0) is 6.54 Å². The molecule has 2 nitrogen and oxygen atoms in total. The van der Waals surface area contributed by atoms with Gasteiger partial charge in [-0.05, 0) is 56.7 Å². The third-order valence-corrected chi connectivity index (χ3v) is 3.02. The Morgan fingerprint density at radius 2 is 1.94 bits per heavy atom. The van der Waals surface area contributed by atoms with Crippen molar-refractivity contribution in [2.45, 2.75) is 19.4 Å². The molecular formula is C13H19FN2. The summed E-state index contributed by atoms with van der Waals surface area (Å²) in [5, 5.41) is 3.38. The zero-order chi connectivity index (χ0) is 11.2. The maximum Gasteiger partial charge on any atom is 0.123 e. The number of rotatable bonds is 6. The van der Waals surface area contributed by atoms with Crippen LogP contribution in [0.2, 0.25) is 0 Å². The van der Waals surface area contributed by atoms with E-state index in [1.165, 1.54) is 44.6 Å². The van der Waals surface area contributed by atoms with Gasteiger partial charge in [0.2, 0.25) is 0 Å². The van der Waals surface area contributed by atoms with Gasteiger partial charge in [0.25, 0.3) is 0 Å². The number of nitrogens with one attached hydrogen (secondary N) is 1. The lowest BCUT2D eigenvalue weighted by atomic mass is 10.2. The van der Waals surface area contributed by atoms with E-state index in [4.69, 9.17) is 0 Å². The number of halogens is 1. The summed E-state index contributed by atoms with van der Waals surface area (Å²) in [7, 11) is 0. The minimum absolute atomic E-state index is 0.165. The fraction of sp³-hybridized carbons (Fsp3) is 0.538. The number of likely N-dealkylation sites (tertiary alicyclic amines) is 1. The Morgan fingerprint density at radius 3 is 2.56 bits per heavy atom. The molecule has 0 atom stereocenters. The van der Waals surface area contributed by atoms with Crippen LogP contribution in [0.1, 0.15) is 18.4 Å². The predicted molar refractivity (Wildman–Crippen MR) is 63.8 cm³/mol. The van der Waals surface area contributed by atoms with E-state index in [9.17, 15) is 4.39 Å². The lowest BCUT2D eigenvalue weighted by Crippen LogP contribution is -2.38. The molecule has 0 bridgehead atoms. The van der Waals surface area contributed by atoms with Crippen molar-refractivity contribution >= 4 is 0 Å². The molecule has 0 unspecified atom stereocenters. The molecule has 1 aromatic carbocycles. The third-order valence-electron chi connectivity index (χ3n) is 3.02. The highest BCUT2D eigenvalue weighted by Crippen LogP contribution is 2.05. The van der Waals surface area contributed by atoms with Crippen LogP contribution in [0.3, 0.4) is 0 Å². The van der Waals surface area contributed by atoms with E-state index in [-0.39, 0.29) is 5.82 Å². The Hall–Kier alpha value is -0.930. The molecule has 0 aliphatic carbocycles. The van der Waals surface area contributed by atoms with Crippen LogP contribution < -0.4 is 5.32 Å². The van der Waals surface area contributed by atoms with Gasteiger partial charge >= 0.3 is 0 Å². The molecular weight excluding hydrogens is 203 g/mol. The highest BCUT2D eigenvalue weighted by Gasteiger charge is 2.11. The van der Waals surface area contributed by atoms with E-state index < -0.39 is 0 Å². The van der Waals surface area contributed by atoms with Gasteiger partial charge in [-0.3, -0.25) is 0 Å². The second-order valence-corrected chi connectivity index (χ2v) is 4.35. The largest absolute Gasteiger partial charge is 0.313 e. The van der Waals surface area contributed by atoms with Gasteiger partial charge < -0.3 is 10.2 Å². The Kier molecular flexibility index (Phi) is 4.31. The molecule has 0 amide bonds. The molecule has 1 saturated heterocycles. The average Bonchev–Trinajstić information content (AvgIpc) is 2.23. The smallest absolute Gasteiger partial charge is 0.123 e. The molecule has 88 valence electrons. The molecule has 0 radical (unpaired) electrons. The third kappa shape index (κ3) is 3.58. The molecule has 3 heteroatoms. The normalized spacial score (nSPS) is 16.1. The summed E-state index contributed by atoms with van der Waals surface area (Å²) < 4.78 is 12.6. The van der Waals surface area contributed by atoms with Gasteiger partial charge in [-0.25, -0.2) is 4.39 Å². The van der Waals surface area contributed by atoms with Crippen LogP contribution in [0.4, 0.5) is 4.39 Å². The summed E-state index contributed by atoms with van der Waals surface area (Å²) in [6.07, 6.45) is 2.56. The van der Waals surface area contributed by atoms with Crippen LogP contribution in [0.5, 0.6) is 0 Å². The highest BCUT2D eigenvalue weighted by molar-refractivity contribution is 5.15. The van der Waals surface area contributed by atoms with E-state index in [0.29, 0.717) is 0 Å². The van der Waals surface area contributed by atoms with Crippen molar-refractivity contribution in [1.82, 2.24) is 10.2 Å². The Bertz CT molecular complexity index is 306. The standard InChI is InChI=1S/C13H19FN2/c14-13-5-3-12(4-6-13)11-15-7-1-8-16-9-2-10-16/h3-6,15H,1-2,7-11H2. The zero-order valence-corrected chi connectivity index (χ0v) is 9.58. The average molecular weight is 222 g/mol. The summed E-state index contributed by atoms with van der Waals surface area (Å²) in [6.45, 7) is 5.63. The fourth-order valence-corrected chi connectivity index (χ4v) is 1.87. The Balaban J connectivity index is 1.55. The van der Waals surface area contributed by atoms with E-state index >= 15 is 0 Å². The summed E-state index contributed by atoms with van der Waals surface area (Å²) in [6, 6.07) is 6.68. The fourth-order valence-electron chi connectivity index (χ4n) is 1.87. The first-order chi connectivity index (χ1) is 7.84. The van der Waals surface area contributed by atoms with Crippen molar-refractivity contribution in [3.63, 3.8) is 0 Å². The van der Waals surface area contributed by atoms with Gasteiger partial charge in [0.1, 0.15) is 5.82 Å². The Morgan fingerprint density at radius 1 is 1.19 bits per heavy atom. The quantitative estimate of drug-likeness (QED) is 0.741. The highest BCUT2D eigenvalue weighted by atomic mass is 19.1. The van der Waals surface area contributed by atoms with Gasteiger partial charge in [0, 0.05) is 6.54 Å². The summed E-state index contributed by atoms with van der Waals surface area (Å²) in [5.74, 6) is -0.165. The molecule has 1 fully saturated rings. The minimum Gasteiger partial charge on any atom is -0.313 e. The summed E-state index contributed by atoms with van der Waals surface area (Å²) in [5.41, 5.74) is 1.14. The van der Waals surface area contributed by atoms with Gasteiger partial charge in [-0.2, -0.15) is 0 Å². The van der Waals surface area contributed by atoms with Gasteiger partial charge in [-0.15, -0.1) is 0 Å². The van der Waals surface area contributed by atoms with Crippen LogP contribution >= 0.6 is 0 Å². The van der Waals surface area contributed by atoms with Gasteiger partial charge in [0.15, 0.2) is 0 Å². The summed E-state index contributed by atoms with van der Waals surface area (Å²) in [4.78, 5) is 2.47. The lowest BCUT2D eigenvalue weighted by molar-refractivity contribution is 0.179. The zero-order valence-electron chi connectivity index (χ0n) is 9.58. The maximum absolute atomic E-state index is 12.6. The lowest BCUT2D eigenvalue weighted by Gasteiger charge is -2.30. The summed E-state index contributed by atoms with van der Waals surface area (Å²) >= 11 is 0. The van der Waals surface area contributed by atoms with Crippen molar-refractivity contribution in [1.29, 1.82) is 0 Å². The molecule has 0 spiro atoms. The second kappa shape index (κ2) is 5.97. The molecule has 0 aromatic heterocycles. The van der Waals surface area contributed by atoms with Crippen molar-refractivity contribution in [3.05, 3.63) is 35.6 Å². The number of benzene rings is 1. The first-order valence-electron chi connectivity index (χ1n) is 6.02. The molecule has 2 rings (SSSR count). The van der Waals surface area contributed by atoms with E-state index in [1.54, 1.807) is 0 Å². The van der Waals surface area contributed by atoms with Crippen molar-refractivity contribution in [2.75, 3.05) is 26.2 Å². The Labute approximate surface area is 96.5 Å². The monoisotopic (exact) mass is 222 g/mol. The van der Waals surface area contributed by atoms with Crippen LogP contribution in [-0.4, -0.2) is 31.1 Å². The van der Waals surface area contributed by atoms with Gasteiger partial charge in [-0.1, -0.05) is 12.1 Å². The first-order valence-corrected chi connectivity index (χ1v) is 6.02. The first kappa shape index (κ1) is 11.6. The van der Waals surface area contributed by atoms with Crippen LogP contribution in [0.25, 0.3) is 0 Å². The van der Waals surface area contributed by atoms with Crippen molar-refractivity contribution in [3.8, 4) is 0 Å². The van der Waals surface area contributed by atoms with Crippen molar-refractivity contribution < 1.29 is 4.39 Å². The van der Waals surface area contributed by atoms with Crippen LogP contribution in [0.15, 0.2) is 24.3 Å². The molecule has 0 saturated carbocycles. The SMILES string of the molecule is Fc1ccc(CNCCCN2CCC2)cc1. The molecule has 1 heterocycles. The molecule has 1 aliphatic heterocycles. The minimum atomic E-state index is -0.165. The number of nitrogens with zero attached hydrogens (tertiary/aromatic N) is 1. The van der Waals surface area contributed by atoms with E-state index in [0.717, 1.165) is 18.7 Å². The van der Waals surface area contributed by atoms with Crippen LogP contribution in [0, 0.1) is 5.82 Å². The van der Waals surface area contributed by atoms with E-state index in [1.807, 2.05) is 12.1 Å². The predicted octanol–water partition coefficient (Wildman–Crippen LogP) is 2.01. The van der Waals surface area contributed by atoms with E-state index in [2.05, 4.69) is 10.2 Å². The second-order valence-electron chi connectivity index (χ2n) is 4.35. The van der Waals surface area contributed by atoms with Crippen molar-refractivity contribution in [2.24, 2.45) is 0 Å². The molecule has 1 aromatic rings. The maximum atomic E-state index is 12.6. The van der Waals surface area contributed by atoms with Gasteiger partial charge in [0.05, 0.1) is 0 Å². The number of hydrogen-bond acceptors (Lipinski definition) is 2. The molecule has 1 aliphatic rings. The topological polar surface area (TPSA) is 15.3 Å². The molecule has 16 heavy (non-hydrogen) atoms. The number of hydrogen-bond donors (Lipinski definition) is 1. The molecule has 1 N–H and O–H groups in total.